The fourth-order valence-electron chi connectivity index (χ4n) is 1.32. The summed E-state index contributed by atoms with van der Waals surface area (Å²) in [6, 6.07) is 0. The lowest BCUT2D eigenvalue weighted by atomic mass is 9.96. The zero-order valence-electron chi connectivity index (χ0n) is 9.43. The Morgan fingerprint density at radius 2 is 1.54 bits per heavy atom. The van der Waals surface area contributed by atoms with E-state index in [1.54, 1.807) is 0 Å². The van der Waals surface area contributed by atoms with Crippen molar-refractivity contribution < 1.29 is 0 Å². The zero-order chi connectivity index (χ0) is 10.4. The summed E-state index contributed by atoms with van der Waals surface area (Å²) in [5, 5.41) is 0. The van der Waals surface area contributed by atoms with E-state index in [-0.39, 0.29) is 0 Å². The number of rotatable bonds is 5. The van der Waals surface area contributed by atoms with Crippen LogP contribution in [0.1, 0.15) is 47.0 Å². The van der Waals surface area contributed by atoms with Crippen molar-refractivity contribution in [1.82, 2.24) is 0 Å². The Morgan fingerprint density at radius 1 is 1.00 bits per heavy atom. The molecule has 13 heavy (non-hydrogen) atoms. The van der Waals surface area contributed by atoms with Crippen LogP contribution < -0.4 is 11.5 Å². The van der Waals surface area contributed by atoms with Crippen LogP contribution in [0.15, 0.2) is 11.4 Å². The Kier molecular flexibility index (Phi) is 5.60. The van der Waals surface area contributed by atoms with Crippen LogP contribution in [0, 0.1) is 11.8 Å². The van der Waals surface area contributed by atoms with Gasteiger partial charge in [-0.1, -0.05) is 27.7 Å². The SMILES string of the molecule is CC(C)CCC(CC(C)C)=C(N)N. The fraction of sp³-hybridized carbons (Fsp3) is 0.818. The summed E-state index contributed by atoms with van der Waals surface area (Å²) in [4.78, 5) is 0. The molecule has 0 aliphatic heterocycles. The Morgan fingerprint density at radius 3 is 1.85 bits per heavy atom. The molecule has 0 bridgehead atoms. The summed E-state index contributed by atoms with van der Waals surface area (Å²) in [6.07, 6.45) is 3.27. The second kappa shape index (κ2) is 5.90. The van der Waals surface area contributed by atoms with Crippen molar-refractivity contribution in [3.8, 4) is 0 Å². The van der Waals surface area contributed by atoms with E-state index in [2.05, 4.69) is 27.7 Å². The van der Waals surface area contributed by atoms with Gasteiger partial charge in [0.15, 0.2) is 0 Å². The second-order valence-corrected chi connectivity index (χ2v) is 4.59. The Hall–Kier alpha value is -0.660. The van der Waals surface area contributed by atoms with Crippen molar-refractivity contribution in [2.24, 2.45) is 23.3 Å². The quantitative estimate of drug-likeness (QED) is 0.690. The molecule has 0 heterocycles. The van der Waals surface area contributed by atoms with Gasteiger partial charge in [0.05, 0.1) is 5.82 Å². The summed E-state index contributed by atoms with van der Waals surface area (Å²) >= 11 is 0. The summed E-state index contributed by atoms with van der Waals surface area (Å²) in [7, 11) is 0. The number of hydrogen-bond donors (Lipinski definition) is 2. The third-order valence-corrected chi connectivity index (χ3v) is 2.09. The lowest BCUT2D eigenvalue weighted by Gasteiger charge is -2.13. The topological polar surface area (TPSA) is 52.0 Å². The molecule has 0 saturated carbocycles. The highest BCUT2D eigenvalue weighted by molar-refractivity contribution is 5.08. The van der Waals surface area contributed by atoms with E-state index in [4.69, 9.17) is 11.5 Å². The minimum atomic E-state index is 0.536. The largest absolute Gasteiger partial charge is 0.386 e. The molecule has 4 N–H and O–H groups in total. The molecule has 0 aromatic heterocycles. The van der Waals surface area contributed by atoms with Gasteiger partial charge in [0.1, 0.15) is 0 Å². The Bertz CT molecular complexity index is 165. The molecule has 0 amide bonds. The molecule has 0 saturated heterocycles. The maximum Gasteiger partial charge on any atom is 0.0925 e. The van der Waals surface area contributed by atoms with Gasteiger partial charge in [0.2, 0.25) is 0 Å². The van der Waals surface area contributed by atoms with E-state index in [0.29, 0.717) is 11.7 Å². The van der Waals surface area contributed by atoms with Crippen molar-refractivity contribution >= 4 is 0 Å². The van der Waals surface area contributed by atoms with Gasteiger partial charge in [0.25, 0.3) is 0 Å². The summed E-state index contributed by atoms with van der Waals surface area (Å²) < 4.78 is 0. The van der Waals surface area contributed by atoms with Crippen molar-refractivity contribution in [1.29, 1.82) is 0 Å². The Balaban J connectivity index is 4.06. The molecule has 0 fully saturated rings. The minimum Gasteiger partial charge on any atom is -0.386 e. The molecule has 0 aliphatic rings. The van der Waals surface area contributed by atoms with Gasteiger partial charge in [-0.15, -0.1) is 0 Å². The predicted molar refractivity (Wildman–Crippen MR) is 58.9 cm³/mol. The second-order valence-electron chi connectivity index (χ2n) is 4.59. The van der Waals surface area contributed by atoms with Gasteiger partial charge in [-0.2, -0.15) is 0 Å². The van der Waals surface area contributed by atoms with Crippen LogP contribution in [0.25, 0.3) is 0 Å². The monoisotopic (exact) mass is 184 g/mol. The summed E-state index contributed by atoms with van der Waals surface area (Å²) in [5.41, 5.74) is 12.5. The number of hydrogen-bond acceptors (Lipinski definition) is 2. The molecular weight excluding hydrogens is 160 g/mol. The molecule has 78 valence electrons. The molecule has 0 rings (SSSR count). The first-order chi connectivity index (χ1) is 5.93. The highest BCUT2D eigenvalue weighted by Gasteiger charge is 2.05. The zero-order valence-corrected chi connectivity index (χ0v) is 9.43. The fourth-order valence-corrected chi connectivity index (χ4v) is 1.32. The van der Waals surface area contributed by atoms with E-state index in [1.807, 2.05) is 0 Å². The molecule has 0 aliphatic carbocycles. The summed E-state index contributed by atoms with van der Waals surface area (Å²) in [5.74, 6) is 1.90. The highest BCUT2D eigenvalue weighted by atomic mass is 14.8. The molecule has 0 aromatic rings. The average Bonchev–Trinajstić information content (AvgIpc) is 1.96. The van der Waals surface area contributed by atoms with Crippen molar-refractivity contribution in [2.75, 3.05) is 0 Å². The predicted octanol–water partition coefficient (Wildman–Crippen LogP) is 2.60. The lowest BCUT2D eigenvalue weighted by molar-refractivity contribution is 0.549. The van der Waals surface area contributed by atoms with E-state index < -0.39 is 0 Å². The molecule has 0 spiro atoms. The van der Waals surface area contributed by atoms with Gasteiger partial charge in [-0.25, -0.2) is 0 Å². The van der Waals surface area contributed by atoms with Crippen LogP contribution in [0.3, 0.4) is 0 Å². The van der Waals surface area contributed by atoms with Crippen molar-refractivity contribution in [2.45, 2.75) is 47.0 Å². The molecule has 0 radical (unpaired) electrons. The highest BCUT2D eigenvalue weighted by Crippen LogP contribution is 2.19. The van der Waals surface area contributed by atoms with Gasteiger partial charge in [-0.05, 0) is 36.7 Å². The maximum absolute atomic E-state index is 5.63. The Labute approximate surface area is 82.4 Å². The molecule has 0 atom stereocenters. The van der Waals surface area contributed by atoms with Crippen molar-refractivity contribution in [3.63, 3.8) is 0 Å². The standard InChI is InChI=1S/C11H24N2/c1-8(2)5-6-10(11(12)13)7-9(3)4/h8-9H,5-7,12-13H2,1-4H3. The normalized spacial score (nSPS) is 10.9. The van der Waals surface area contributed by atoms with Crippen LogP contribution in [0.5, 0.6) is 0 Å². The van der Waals surface area contributed by atoms with E-state index in [1.165, 1.54) is 12.0 Å². The number of allylic oxidation sites excluding steroid dienone is 1. The minimum absolute atomic E-state index is 0.536. The molecule has 0 unspecified atom stereocenters. The first-order valence-corrected chi connectivity index (χ1v) is 5.16. The smallest absolute Gasteiger partial charge is 0.0925 e. The van der Waals surface area contributed by atoms with Gasteiger partial charge in [0, 0.05) is 0 Å². The third kappa shape index (κ3) is 6.50. The number of nitrogens with two attached hydrogens (primary N) is 2. The van der Waals surface area contributed by atoms with E-state index in [0.717, 1.165) is 18.8 Å². The van der Waals surface area contributed by atoms with Gasteiger partial charge in [-0.3, -0.25) is 0 Å². The average molecular weight is 184 g/mol. The lowest BCUT2D eigenvalue weighted by Crippen LogP contribution is -2.14. The van der Waals surface area contributed by atoms with Crippen molar-refractivity contribution in [3.05, 3.63) is 11.4 Å². The molecule has 0 aromatic carbocycles. The van der Waals surface area contributed by atoms with Crippen LogP contribution in [-0.4, -0.2) is 0 Å². The van der Waals surface area contributed by atoms with E-state index in [9.17, 15) is 0 Å². The molecule has 2 nitrogen and oxygen atoms in total. The summed E-state index contributed by atoms with van der Waals surface area (Å²) in [6.45, 7) is 8.83. The van der Waals surface area contributed by atoms with Gasteiger partial charge < -0.3 is 11.5 Å². The first kappa shape index (κ1) is 12.3. The van der Waals surface area contributed by atoms with E-state index >= 15 is 0 Å². The van der Waals surface area contributed by atoms with Gasteiger partial charge >= 0.3 is 0 Å². The van der Waals surface area contributed by atoms with Crippen LogP contribution >= 0.6 is 0 Å². The molecular formula is C11H24N2. The van der Waals surface area contributed by atoms with Crippen LogP contribution in [0.4, 0.5) is 0 Å². The van der Waals surface area contributed by atoms with Crippen LogP contribution in [0.2, 0.25) is 0 Å². The first-order valence-electron chi connectivity index (χ1n) is 5.16. The molecule has 2 heteroatoms. The maximum atomic E-state index is 5.63. The van der Waals surface area contributed by atoms with Crippen LogP contribution in [-0.2, 0) is 0 Å². The third-order valence-electron chi connectivity index (χ3n) is 2.09.